The van der Waals surface area contributed by atoms with Gasteiger partial charge in [-0.15, -0.1) is 0 Å². The molecule has 0 aliphatic heterocycles. The lowest BCUT2D eigenvalue weighted by atomic mass is 10.0. The molecule has 0 heterocycles. The van der Waals surface area contributed by atoms with Crippen molar-refractivity contribution in [3.8, 4) is 11.5 Å². The predicted molar refractivity (Wildman–Crippen MR) is 76.6 cm³/mol. The first kappa shape index (κ1) is 13.7. The van der Waals surface area contributed by atoms with Gasteiger partial charge in [-0.2, -0.15) is 0 Å². The molecular formula is C16H14O4. The highest BCUT2D eigenvalue weighted by Crippen LogP contribution is 2.23. The van der Waals surface area contributed by atoms with Crippen molar-refractivity contribution in [1.29, 1.82) is 0 Å². The van der Waals surface area contributed by atoms with Gasteiger partial charge in [0, 0.05) is 0 Å². The Balaban J connectivity index is 2.47. The number of carboxylic acid groups (broad SMARTS) is 1. The zero-order valence-corrected chi connectivity index (χ0v) is 10.9. The largest absolute Gasteiger partial charge is 0.508 e. The molecule has 4 heteroatoms. The Kier molecular flexibility index (Phi) is 4.05. The lowest BCUT2D eigenvalue weighted by Gasteiger charge is -2.05. The molecule has 0 aliphatic rings. The van der Waals surface area contributed by atoms with Crippen molar-refractivity contribution in [3.05, 3.63) is 59.7 Å². The topological polar surface area (TPSA) is 66.8 Å². The fraction of sp³-hybridized carbons (Fsp3) is 0.0625. The normalized spacial score (nSPS) is 11.2. The van der Waals surface area contributed by atoms with Gasteiger partial charge in [0.2, 0.25) is 0 Å². The molecule has 2 aromatic carbocycles. The Morgan fingerprint density at radius 1 is 1.15 bits per heavy atom. The van der Waals surface area contributed by atoms with Crippen molar-refractivity contribution in [2.45, 2.75) is 0 Å². The third-order valence-corrected chi connectivity index (χ3v) is 2.79. The van der Waals surface area contributed by atoms with Gasteiger partial charge in [0.1, 0.15) is 11.5 Å². The number of carboxylic acids is 1. The number of benzene rings is 2. The van der Waals surface area contributed by atoms with E-state index in [0.717, 1.165) is 0 Å². The first-order valence-corrected chi connectivity index (χ1v) is 5.98. The Morgan fingerprint density at radius 2 is 1.90 bits per heavy atom. The van der Waals surface area contributed by atoms with Crippen LogP contribution in [0.1, 0.15) is 11.1 Å². The number of methoxy groups -OCH3 is 1. The highest BCUT2D eigenvalue weighted by atomic mass is 16.5. The smallest absolute Gasteiger partial charge is 0.336 e. The minimum Gasteiger partial charge on any atom is -0.508 e. The summed E-state index contributed by atoms with van der Waals surface area (Å²) in [4.78, 5) is 11.4. The van der Waals surface area contributed by atoms with Crippen molar-refractivity contribution in [3.63, 3.8) is 0 Å². The Hall–Kier alpha value is -2.75. The molecule has 102 valence electrons. The van der Waals surface area contributed by atoms with Crippen molar-refractivity contribution in [1.82, 2.24) is 0 Å². The van der Waals surface area contributed by atoms with E-state index in [2.05, 4.69) is 0 Å². The van der Waals surface area contributed by atoms with Crippen LogP contribution in [0.4, 0.5) is 0 Å². The quantitative estimate of drug-likeness (QED) is 0.662. The summed E-state index contributed by atoms with van der Waals surface area (Å²) in [5.74, 6) is -0.377. The molecule has 0 saturated heterocycles. The van der Waals surface area contributed by atoms with Crippen LogP contribution in [0.5, 0.6) is 11.5 Å². The molecule has 0 spiro atoms. The van der Waals surface area contributed by atoms with Crippen LogP contribution in [0.25, 0.3) is 11.6 Å². The van der Waals surface area contributed by atoms with Crippen LogP contribution in [0.2, 0.25) is 0 Å². The molecule has 0 aliphatic carbocycles. The van der Waals surface area contributed by atoms with Crippen molar-refractivity contribution in [2.24, 2.45) is 0 Å². The molecule has 20 heavy (non-hydrogen) atoms. The van der Waals surface area contributed by atoms with Crippen LogP contribution in [0.15, 0.2) is 48.5 Å². The summed E-state index contributed by atoms with van der Waals surface area (Å²) in [6.07, 6.45) is 1.54. The lowest BCUT2D eigenvalue weighted by molar-refractivity contribution is -0.130. The second-order valence-electron chi connectivity index (χ2n) is 4.19. The van der Waals surface area contributed by atoms with E-state index in [-0.39, 0.29) is 11.3 Å². The monoisotopic (exact) mass is 270 g/mol. The predicted octanol–water partition coefficient (Wildman–Crippen LogP) is 3.03. The summed E-state index contributed by atoms with van der Waals surface area (Å²) in [7, 11) is 1.55. The maximum atomic E-state index is 11.4. The molecule has 0 radical (unpaired) electrons. The second-order valence-corrected chi connectivity index (χ2v) is 4.19. The number of phenolic OH excluding ortho intramolecular Hbond substituents is 1. The summed E-state index contributed by atoms with van der Waals surface area (Å²) in [6, 6.07) is 13.3. The molecular weight excluding hydrogens is 256 g/mol. The van der Waals surface area contributed by atoms with Crippen LogP contribution >= 0.6 is 0 Å². The fourth-order valence-electron chi connectivity index (χ4n) is 1.84. The van der Waals surface area contributed by atoms with Gasteiger partial charge in [-0.3, -0.25) is 0 Å². The Bertz CT molecular complexity index is 659. The van der Waals surface area contributed by atoms with Gasteiger partial charge >= 0.3 is 5.97 Å². The van der Waals surface area contributed by atoms with E-state index >= 15 is 0 Å². The highest BCUT2D eigenvalue weighted by molar-refractivity contribution is 6.20. The van der Waals surface area contributed by atoms with Gasteiger partial charge in [-0.05, 0) is 41.5 Å². The standard InChI is InChI=1S/C16H14O4/c1-20-14-7-2-4-11(8-14)9-15(16(18)19)12-5-3-6-13(17)10-12/h2-10,17H,1H3,(H,18,19)/b15-9-. The van der Waals surface area contributed by atoms with Gasteiger partial charge in [-0.25, -0.2) is 4.79 Å². The lowest BCUT2D eigenvalue weighted by Crippen LogP contribution is -1.99. The Morgan fingerprint density at radius 3 is 2.55 bits per heavy atom. The number of rotatable bonds is 4. The first-order chi connectivity index (χ1) is 9.60. The third kappa shape index (κ3) is 3.17. The van der Waals surface area contributed by atoms with Crippen LogP contribution in [-0.2, 0) is 4.79 Å². The van der Waals surface area contributed by atoms with Gasteiger partial charge in [0.15, 0.2) is 0 Å². The van der Waals surface area contributed by atoms with Crippen molar-refractivity contribution < 1.29 is 19.7 Å². The summed E-state index contributed by atoms with van der Waals surface area (Å²) < 4.78 is 5.11. The van der Waals surface area contributed by atoms with E-state index in [1.54, 1.807) is 49.6 Å². The number of hydrogen-bond donors (Lipinski definition) is 2. The number of carbonyl (C=O) groups is 1. The third-order valence-electron chi connectivity index (χ3n) is 2.79. The average molecular weight is 270 g/mol. The van der Waals surface area contributed by atoms with Gasteiger partial charge in [0.05, 0.1) is 12.7 Å². The molecule has 4 nitrogen and oxygen atoms in total. The van der Waals surface area contributed by atoms with Crippen molar-refractivity contribution >= 4 is 17.6 Å². The number of ether oxygens (including phenoxy) is 1. The van der Waals surface area contributed by atoms with E-state index in [0.29, 0.717) is 16.9 Å². The molecule has 2 aromatic rings. The highest BCUT2D eigenvalue weighted by Gasteiger charge is 2.11. The van der Waals surface area contributed by atoms with Crippen LogP contribution in [-0.4, -0.2) is 23.3 Å². The molecule has 0 saturated carbocycles. The van der Waals surface area contributed by atoms with E-state index < -0.39 is 5.97 Å². The molecule has 0 atom stereocenters. The SMILES string of the molecule is COc1cccc(/C=C(\C(=O)O)c2cccc(O)c2)c1. The van der Waals surface area contributed by atoms with Crippen LogP contribution in [0, 0.1) is 0 Å². The molecule has 2 N–H and O–H groups in total. The van der Waals surface area contributed by atoms with Crippen LogP contribution < -0.4 is 4.74 Å². The number of aliphatic carboxylic acids is 1. The minimum absolute atomic E-state index is 0.0280. The Labute approximate surface area is 116 Å². The summed E-state index contributed by atoms with van der Waals surface area (Å²) in [5.41, 5.74) is 1.26. The van der Waals surface area contributed by atoms with E-state index in [4.69, 9.17) is 4.74 Å². The fourth-order valence-corrected chi connectivity index (χ4v) is 1.84. The maximum Gasteiger partial charge on any atom is 0.336 e. The molecule has 0 fully saturated rings. The first-order valence-electron chi connectivity index (χ1n) is 5.98. The minimum atomic E-state index is -1.06. The molecule has 0 unspecified atom stereocenters. The van der Waals surface area contributed by atoms with E-state index in [1.807, 2.05) is 0 Å². The maximum absolute atomic E-state index is 11.4. The summed E-state index contributed by atoms with van der Waals surface area (Å²) in [6.45, 7) is 0. The zero-order valence-electron chi connectivity index (χ0n) is 10.9. The number of phenols is 1. The summed E-state index contributed by atoms with van der Waals surface area (Å²) in [5, 5.41) is 18.8. The number of aromatic hydroxyl groups is 1. The van der Waals surface area contributed by atoms with Gasteiger partial charge in [-0.1, -0.05) is 24.3 Å². The molecule has 0 amide bonds. The van der Waals surface area contributed by atoms with E-state index in [1.165, 1.54) is 12.1 Å². The summed E-state index contributed by atoms with van der Waals surface area (Å²) >= 11 is 0. The van der Waals surface area contributed by atoms with Crippen molar-refractivity contribution in [2.75, 3.05) is 7.11 Å². The van der Waals surface area contributed by atoms with Gasteiger partial charge in [0.25, 0.3) is 0 Å². The average Bonchev–Trinajstić information content (AvgIpc) is 2.44. The second kappa shape index (κ2) is 5.93. The molecule has 2 rings (SSSR count). The van der Waals surface area contributed by atoms with Gasteiger partial charge < -0.3 is 14.9 Å². The zero-order chi connectivity index (χ0) is 14.5. The van der Waals surface area contributed by atoms with E-state index in [9.17, 15) is 15.0 Å². The van der Waals surface area contributed by atoms with Crippen LogP contribution in [0.3, 0.4) is 0 Å². The number of hydrogen-bond acceptors (Lipinski definition) is 3. The molecule has 0 aromatic heterocycles. The molecule has 0 bridgehead atoms.